The molecule has 2 fully saturated rings. The monoisotopic (exact) mass is 325 g/mol. The number of hydrogen-bond acceptors (Lipinski definition) is 4. The van der Waals surface area contributed by atoms with E-state index in [0.29, 0.717) is 44.0 Å². The normalized spacial score (nSPS) is 22.8. The van der Waals surface area contributed by atoms with Crippen molar-refractivity contribution in [1.29, 1.82) is 0 Å². The number of sulfonamides is 1. The van der Waals surface area contributed by atoms with Gasteiger partial charge in [-0.05, 0) is 43.5 Å². The summed E-state index contributed by atoms with van der Waals surface area (Å²) in [6, 6.07) is 5.30. The van der Waals surface area contributed by atoms with E-state index in [1.807, 2.05) is 19.9 Å². The molecule has 22 heavy (non-hydrogen) atoms. The lowest BCUT2D eigenvalue weighted by atomic mass is 10.0. The van der Waals surface area contributed by atoms with E-state index < -0.39 is 15.8 Å². The average Bonchev–Trinajstić information content (AvgIpc) is 2.51. The smallest absolute Gasteiger partial charge is 0.243 e. The van der Waals surface area contributed by atoms with Crippen LogP contribution in [-0.2, 0) is 19.5 Å². The highest BCUT2D eigenvalue weighted by Gasteiger charge is 2.41. The average molecular weight is 325 g/mol. The number of rotatable bonds is 2. The van der Waals surface area contributed by atoms with Gasteiger partial charge < -0.3 is 9.47 Å². The van der Waals surface area contributed by atoms with Gasteiger partial charge in [-0.3, -0.25) is 0 Å². The first-order valence-electron chi connectivity index (χ1n) is 7.78. The van der Waals surface area contributed by atoms with Crippen LogP contribution < -0.4 is 0 Å². The molecule has 2 heterocycles. The molecular formula is C16H23NO4S. The Hall–Kier alpha value is -0.950. The molecule has 0 N–H and O–H groups in total. The van der Waals surface area contributed by atoms with Crippen molar-refractivity contribution in [3.8, 4) is 0 Å². The number of ether oxygens (including phenoxy) is 2. The summed E-state index contributed by atoms with van der Waals surface area (Å²) in [5.74, 6) is -0.562. The van der Waals surface area contributed by atoms with Crippen LogP contribution >= 0.6 is 0 Å². The first kappa shape index (κ1) is 15.9. The van der Waals surface area contributed by atoms with Crippen molar-refractivity contribution in [2.24, 2.45) is 0 Å². The molecule has 0 atom stereocenters. The first-order valence-corrected chi connectivity index (χ1v) is 9.22. The van der Waals surface area contributed by atoms with E-state index in [-0.39, 0.29) is 0 Å². The van der Waals surface area contributed by atoms with E-state index in [4.69, 9.17) is 9.47 Å². The highest BCUT2D eigenvalue weighted by atomic mass is 32.2. The fourth-order valence-corrected chi connectivity index (χ4v) is 4.52. The minimum Gasteiger partial charge on any atom is -0.350 e. The Labute approximate surface area is 132 Å². The molecule has 0 aromatic heterocycles. The summed E-state index contributed by atoms with van der Waals surface area (Å²) >= 11 is 0. The molecule has 6 heteroatoms. The maximum atomic E-state index is 12.8. The Morgan fingerprint density at radius 2 is 1.68 bits per heavy atom. The van der Waals surface area contributed by atoms with Crippen LogP contribution in [0.4, 0.5) is 0 Å². The summed E-state index contributed by atoms with van der Waals surface area (Å²) in [4.78, 5) is 0.372. The molecule has 1 aromatic carbocycles. The van der Waals surface area contributed by atoms with Crippen molar-refractivity contribution in [2.75, 3.05) is 26.3 Å². The van der Waals surface area contributed by atoms with Gasteiger partial charge in [0.25, 0.3) is 0 Å². The third-order valence-corrected chi connectivity index (χ3v) is 6.51. The first-order chi connectivity index (χ1) is 10.4. The zero-order valence-electron chi connectivity index (χ0n) is 13.2. The van der Waals surface area contributed by atoms with E-state index in [1.54, 1.807) is 16.4 Å². The van der Waals surface area contributed by atoms with Gasteiger partial charge in [-0.1, -0.05) is 6.07 Å². The van der Waals surface area contributed by atoms with Gasteiger partial charge in [-0.15, -0.1) is 0 Å². The second-order valence-corrected chi connectivity index (χ2v) is 8.05. The van der Waals surface area contributed by atoms with Gasteiger partial charge in [0, 0.05) is 25.9 Å². The standard InChI is InChI=1S/C16H23NO4S/c1-13-4-5-15(12-14(13)2)22(18,19)17-8-6-16(7-9-17)20-10-3-11-21-16/h4-5,12H,3,6-11H2,1-2H3. The number of aryl methyl sites for hydroxylation is 2. The van der Waals surface area contributed by atoms with E-state index in [1.165, 1.54) is 0 Å². The largest absolute Gasteiger partial charge is 0.350 e. The maximum Gasteiger partial charge on any atom is 0.243 e. The number of piperidine rings is 1. The molecule has 5 nitrogen and oxygen atoms in total. The third-order valence-electron chi connectivity index (χ3n) is 4.62. The molecule has 2 aliphatic heterocycles. The zero-order chi connectivity index (χ0) is 15.8. The summed E-state index contributed by atoms with van der Waals surface area (Å²) in [6.07, 6.45) is 2.10. The lowest BCUT2D eigenvalue weighted by Gasteiger charge is -2.42. The van der Waals surface area contributed by atoms with Crippen LogP contribution in [0.2, 0.25) is 0 Å². The summed E-state index contributed by atoms with van der Waals surface area (Å²) in [5.41, 5.74) is 2.09. The highest BCUT2D eigenvalue weighted by molar-refractivity contribution is 7.89. The van der Waals surface area contributed by atoms with Crippen molar-refractivity contribution >= 4 is 10.0 Å². The summed E-state index contributed by atoms with van der Waals surface area (Å²) in [6.45, 7) is 6.19. The molecule has 0 radical (unpaired) electrons. The van der Waals surface area contributed by atoms with Crippen molar-refractivity contribution in [2.45, 2.75) is 43.8 Å². The van der Waals surface area contributed by atoms with Gasteiger partial charge in [0.1, 0.15) is 0 Å². The van der Waals surface area contributed by atoms with Gasteiger partial charge in [0.05, 0.1) is 18.1 Å². The molecule has 1 spiro atoms. The summed E-state index contributed by atoms with van der Waals surface area (Å²) in [5, 5.41) is 0. The number of hydrogen-bond donors (Lipinski definition) is 0. The molecule has 0 aliphatic carbocycles. The second-order valence-electron chi connectivity index (χ2n) is 6.11. The van der Waals surface area contributed by atoms with Crippen LogP contribution in [0.15, 0.2) is 23.1 Å². The third kappa shape index (κ3) is 2.93. The molecule has 1 aromatic rings. The molecule has 122 valence electrons. The Kier molecular flexibility index (Phi) is 4.29. The summed E-state index contributed by atoms with van der Waals surface area (Å²) < 4.78 is 38.6. The molecule has 0 bridgehead atoms. The van der Waals surface area contributed by atoms with E-state index in [2.05, 4.69) is 0 Å². The van der Waals surface area contributed by atoms with Gasteiger partial charge in [-0.25, -0.2) is 8.42 Å². The van der Waals surface area contributed by atoms with Crippen LogP contribution in [-0.4, -0.2) is 44.8 Å². The maximum absolute atomic E-state index is 12.8. The van der Waals surface area contributed by atoms with Crippen molar-refractivity contribution in [3.05, 3.63) is 29.3 Å². The van der Waals surface area contributed by atoms with Gasteiger partial charge >= 0.3 is 0 Å². The van der Waals surface area contributed by atoms with Crippen LogP contribution in [0.5, 0.6) is 0 Å². The molecule has 2 saturated heterocycles. The Morgan fingerprint density at radius 3 is 2.27 bits per heavy atom. The SMILES string of the molecule is Cc1ccc(S(=O)(=O)N2CCC3(CC2)OCCCO3)cc1C. The van der Waals surface area contributed by atoms with Crippen molar-refractivity contribution < 1.29 is 17.9 Å². The van der Waals surface area contributed by atoms with E-state index >= 15 is 0 Å². The molecule has 2 aliphatic rings. The van der Waals surface area contributed by atoms with Crippen molar-refractivity contribution in [3.63, 3.8) is 0 Å². The van der Waals surface area contributed by atoms with Crippen LogP contribution in [0, 0.1) is 13.8 Å². The van der Waals surface area contributed by atoms with E-state index in [0.717, 1.165) is 17.5 Å². The predicted octanol–water partition coefficient (Wildman–Crippen LogP) is 2.22. The molecular weight excluding hydrogens is 302 g/mol. The quantitative estimate of drug-likeness (QED) is 0.837. The second kappa shape index (κ2) is 5.92. The minimum atomic E-state index is -3.43. The number of benzene rings is 1. The minimum absolute atomic E-state index is 0.372. The van der Waals surface area contributed by atoms with Crippen LogP contribution in [0.25, 0.3) is 0 Å². The molecule has 0 saturated carbocycles. The highest BCUT2D eigenvalue weighted by Crippen LogP contribution is 2.33. The van der Waals surface area contributed by atoms with Gasteiger partial charge in [0.15, 0.2) is 5.79 Å². The van der Waals surface area contributed by atoms with Crippen LogP contribution in [0.1, 0.15) is 30.4 Å². The summed E-state index contributed by atoms with van der Waals surface area (Å²) in [7, 11) is -3.43. The Morgan fingerprint density at radius 1 is 1.05 bits per heavy atom. The Balaban J connectivity index is 1.75. The van der Waals surface area contributed by atoms with E-state index in [9.17, 15) is 8.42 Å². The molecule has 0 amide bonds. The lowest BCUT2D eigenvalue weighted by molar-refractivity contribution is -0.280. The Bertz CT molecular complexity index is 640. The number of nitrogens with zero attached hydrogens (tertiary/aromatic N) is 1. The van der Waals surface area contributed by atoms with Crippen molar-refractivity contribution in [1.82, 2.24) is 4.31 Å². The van der Waals surface area contributed by atoms with Gasteiger partial charge in [-0.2, -0.15) is 4.31 Å². The van der Waals surface area contributed by atoms with Crippen LogP contribution in [0.3, 0.4) is 0 Å². The zero-order valence-corrected chi connectivity index (χ0v) is 14.0. The molecule has 3 rings (SSSR count). The lowest BCUT2D eigenvalue weighted by Crippen LogP contribution is -2.51. The van der Waals surface area contributed by atoms with Gasteiger partial charge in [0.2, 0.25) is 10.0 Å². The topological polar surface area (TPSA) is 55.8 Å². The fourth-order valence-electron chi connectivity index (χ4n) is 3.00. The molecule has 0 unspecified atom stereocenters. The predicted molar refractivity (Wildman–Crippen MR) is 83.2 cm³/mol. The fraction of sp³-hybridized carbons (Fsp3) is 0.625.